The van der Waals surface area contributed by atoms with Gasteiger partial charge in [-0.3, -0.25) is 0 Å². The first-order valence-electron chi connectivity index (χ1n) is 4.77. The van der Waals surface area contributed by atoms with Gasteiger partial charge in [-0.15, -0.1) is 0 Å². The van der Waals surface area contributed by atoms with E-state index in [1.807, 2.05) is 13.8 Å². The van der Waals surface area contributed by atoms with E-state index < -0.39 is 11.8 Å². The van der Waals surface area contributed by atoms with Crippen LogP contribution < -0.4 is 5.32 Å². The van der Waals surface area contributed by atoms with Crippen LogP contribution in [-0.2, 0) is 0 Å². The van der Waals surface area contributed by atoms with E-state index >= 15 is 0 Å². The van der Waals surface area contributed by atoms with Crippen LogP contribution in [0.3, 0.4) is 0 Å². The molecular weight excluding hydrogens is 197 g/mol. The van der Waals surface area contributed by atoms with Crippen molar-refractivity contribution in [3.8, 4) is 0 Å². The van der Waals surface area contributed by atoms with Crippen LogP contribution in [0.15, 0.2) is 12.1 Å². The van der Waals surface area contributed by atoms with E-state index in [1.54, 1.807) is 7.05 Å². The van der Waals surface area contributed by atoms with Crippen molar-refractivity contribution in [3.63, 3.8) is 0 Å². The minimum absolute atomic E-state index is 0.0846. The van der Waals surface area contributed by atoms with Gasteiger partial charge in [-0.25, -0.2) is 9.18 Å². The first-order chi connectivity index (χ1) is 7.06. The van der Waals surface area contributed by atoms with E-state index in [1.165, 1.54) is 19.1 Å². The molecule has 0 amide bonds. The number of aryl methyl sites for hydroxylation is 1. The van der Waals surface area contributed by atoms with Crippen molar-refractivity contribution in [2.24, 2.45) is 0 Å². The second-order valence-corrected chi connectivity index (χ2v) is 2.70. The molecule has 0 spiro atoms. The summed E-state index contributed by atoms with van der Waals surface area (Å²) in [6, 6.07) is 2.49. The highest BCUT2D eigenvalue weighted by molar-refractivity contribution is 5.94. The minimum atomic E-state index is -1.06. The number of hydrogen-bond acceptors (Lipinski definition) is 2. The summed E-state index contributed by atoms with van der Waals surface area (Å²) in [5, 5.41) is 11.4. The lowest BCUT2D eigenvalue weighted by atomic mass is 10.1. The van der Waals surface area contributed by atoms with E-state index in [0.717, 1.165) is 0 Å². The van der Waals surface area contributed by atoms with E-state index in [0.29, 0.717) is 5.56 Å². The summed E-state index contributed by atoms with van der Waals surface area (Å²) < 4.78 is 13.0. The van der Waals surface area contributed by atoms with E-state index in [9.17, 15) is 9.18 Å². The Morgan fingerprint density at radius 2 is 1.93 bits per heavy atom. The molecule has 15 heavy (non-hydrogen) atoms. The molecule has 84 valence electrons. The molecule has 0 saturated carbocycles. The van der Waals surface area contributed by atoms with E-state index in [-0.39, 0.29) is 11.3 Å². The van der Waals surface area contributed by atoms with Gasteiger partial charge < -0.3 is 10.4 Å². The van der Waals surface area contributed by atoms with Gasteiger partial charge in [0, 0.05) is 7.05 Å². The third kappa shape index (κ3) is 3.23. The molecule has 0 saturated heterocycles. The number of rotatable bonds is 2. The quantitative estimate of drug-likeness (QED) is 0.794. The Bertz CT molecular complexity index is 351. The predicted molar refractivity (Wildman–Crippen MR) is 59.0 cm³/mol. The van der Waals surface area contributed by atoms with Crippen molar-refractivity contribution in [1.29, 1.82) is 0 Å². The van der Waals surface area contributed by atoms with Crippen LogP contribution in [0.4, 0.5) is 10.1 Å². The Balaban J connectivity index is 0.000000921. The molecule has 0 aliphatic carbocycles. The van der Waals surface area contributed by atoms with Crippen molar-refractivity contribution >= 4 is 11.7 Å². The number of nitrogens with one attached hydrogen (secondary N) is 1. The third-order valence-electron chi connectivity index (χ3n) is 1.80. The third-order valence-corrected chi connectivity index (χ3v) is 1.80. The Morgan fingerprint density at radius 3 is 2.33 bits per heavy atom. The summed E-state index contributed by atoms with van der Waals surface area (Å²) >= 11 is 0. The van der Waals surface area contributed by atoms with Gasteiger partial charge in [0.2, 0.25) is 0 Å². The molecule has 0 aliphatic heterocycles. The largest absolute Gasteiger partial charge is 0.478 e. The Hall–Kier alpha value is -1.58. The molecule has 0 unspecified atom stereocenters. The second kappa shape index (κ2) is 6.01. The predicted octanol–water partition coefficient (Wildman–Crippen LogP) is 2.90. The number of benzene rings is 1. The van der Waals surface area contributed by atoms with Crippen LogP contribution in [0.5, 0.6) is 0 Å². The van der Waals surface area contributed by atoms with Crippen molar-refractivity contribution < 1.29 is 14.3 Å². The molecule has 1 aromatic rings. The molecule has 1 aromatic carbocycles. The molecule has 0 fully saturated rings. The Labute approximate surface area is 88.9 Å². The standard InChI is InChI=1S/C9H10FNO2.C2H6/c1-5-3-6(9(12)13)8(11-2)4-7(5)10;1-2/h3-4,11H,1-2H3,(H,12,13);1-2H3. The summed E-state index contributed by atoms with van der Waals surface area (Å²) in [7, 11) is 1.55. The zero-order valence-electron chi connectivity index (χ0n) is 9.39. The lowest BCUT2D eigenvalue weighted by molar-refractivity contribution is 0.0698. The summed E-state index contributed by atoms with van der Waals surface area (Å²) in [5.41, 5.74) is 0.702. The van der Waals surface area contributed by atoms with Crippen LogP contribution in [0.25, 0.3) is 0 Å². The van der Waals surface area contributed by atoms with Gasteiger partial charge in [0.05, 0.1) is 11.3 Å². The van der Waals surface area contributed by atoms with Crippen molar-refractivity contribution in [2.45, 2.75) is 20.8 Å². The highest BCUT2D eigenvalue weighted by Gasteiger charge is 2.11. The molecular formula is C11H16FNO2. The Morgan fingerprint density at radius 1 is 1.40 bits per heavy atom. The van der Waals surface area contributed by atoms with Gasteiger partial charge in [0.25, 0.3) is 0 Å². The maximum Gasteiger partial charge on any atom is 0.337 e. The first kappa shape index (κ1) is 13.4. The molecule has 3 nitrogen and oxygen atoms in total. The normalized spacial score (nSPS) is 8.87. The van der Waals surface area contributed by atoms with Crippen LogP contribution in [0.2, 0.25) is 0 Å². The van der Waals surface area contributed by atoms with Gasteiger partial charge in [-0.05, 0) is 24.6 Å². The monoisotopic (exact) mass is 213 g/mol. The number of carboxylic acid groups (broad SMARTS) is 1. The summed E-state index contributed by atoms with van der Waals surface area (Å²) in [6.45, 7) is 5.53. The molecule has 0 heterocycles. The number of hydrogen-bond donors (Lipinski definition) is 2. The van der Waals surface area contributed by atoms with Gasteiger partial charge in [0.1, 0.15) is 5.82 Å². The van der Waals surface area contributed by atoms with E-state index in [4.69, 9.17) is 5.11 Å². The first-order valence-corrected chi connectivity index (χ1v) is 4.77. The van der Waals surface area contributed by atoms with E-state index in [2.05, 4.69) is 5.32 Å². The van der Waals surface area contributed by atoms with Gasteiger partial charge >= 0.3 is 5.97 Å². The summed E-state index contributed by atoms with van der Waals surface area (Å²) in [5.74, 6) is -1.47. The second-order valence-electron chi connectivity index (χ2n) is 2.70. The SMILES string of the molecule is CC.CNc1cc(F)c(C)cc1C(=O)O. The molecule has 0 radical (unpaired) electrons. The number of halogens is 1. The van der Waals surface area contributed by atoms with Gasteiger partial charge in [-0.1, -0.05) is 13.8 Å². The lowest BCUT2D eigenvalue weighted by Gasteiger charge is -2.06. The molecule has 1 rings (SSSR count). The molecule has 4 heteroatoms. The van der Waals surface area contributed by atoms with Crippen LogP contribution >= 0.6 is 0 Å². The summed E-state index contributed by atoms with van der Waals surface area (Å²) in [4.78, 5) is 10.7. The van der Waals surface area contributed by atoms with Crippen molar-refractivity contribution in [2.75, 3.05) is 12.4 Å². The number of carbonyl (C=O) groups is 1. The molecule has 0 bridgehead atoms. The molecule has 0 aromatic heterocycles. The van der Waals surface area contributed by atoms with Crippen LogP contribution in [0, 0.1) is 12.7 Å². The molecule has 0 aliphatic rings. The molecule has 2 N–H and O–H groups in total. The zero-order valence-corrected chi connectivity index (χ0v) is 9.39. The van der Waals surface area contributed by atoms with Gasteiger partial charge in [0.15, 0.2) is 0 Å². The maximum atomic E-state index is 13.0. The maximum absolute atomic E-state index is 13.0. The fourth-order valence-electron chi connectivity index (χ4n) is 1.07. The number of carboxylic acids is 1. The minimum Gasteiger partial charge on any atom is -0.478 e. The fraction of sp³-hybridized carbons (Fsp3) is 0.364. The highest BCUT2D eigenvalue weighted by Crippen LogP contribution is 2.19. The Kier molecular flexibility index (Phi) is 5.37. The smallest absolute Gasteiger partial charge is 0.337 e. The highest BCUT2D eigenvalue weighted by atomic mass is 19.1. The van der Waals surface area contributed by atoms with Crippen molar-refractivity contribution in [3.05, 3.63) is 29.1 Å². The van der Waals surface area contributed by atoms with Crippen molar-refractivity contribution in [1.82, 2.24) is 0 Å². The molecule has 0 atom stereocenters. The lowest BCUT2D eigenvalue weighted by Crippen LogP contribution is -2.04. The fourth-order valence-corrected chi connectivity index (χ4v) is 1.07. The number of aromatic carboxylic acids is 1. The van der Waals surface area contributed by atoms with Crippen LogP contribution in [0.1, 0.15) is 29.8 Å². The summed E-state index contributed by atoms with van der Waals surface area (Å²) in [6.07, 6.45) is 0. The van der Waals surface area contributed by atoms with Crippen LogP contribution in [-0.4, -0.2) is 18.1 Å². The topological polar surface area (TPSA) is 49.3 Å². The number of anilines is 1. The van der Waals surface area contributed by atoms with Gasteiger partial charge in [-0.2, -0.15) is 0 Å². The zero-order chi connectivity index (χ0) is 12.0. The average molecular weight is 213 g/mol. The average Bonchev–Trinajstić information content (AvgIpc) is 2.24.